The third kappa shape index (κ3) is 2.67. The zero-order valence-corrected chi connectivity index (χ0v) is 12.4. The predicted octanol–water partition coefficient (Wildman–Crippen LogP) is 2.23. The topological polar surface area (TPSA) is 45.2 Å². The normalized spacial score (nSPS) is 26.8. The fourth-order valence-electron chi connectivity index (χ4n) is 2.94. The van der Waals surface area contributed by atoms with E-state index in [4.69, 9.17) is 0 Å². The highest BCUT2D eigenvalue weighted by Crippen LogP contribution is 2.23. The SMILES string of the molecule is CC(C)c1nc(C(=O)N2CCC3CCC(C2)N3)cs1. The Labute approximate surface area is 118 Å². The smallest absolute Gasteiger partial charge is 0.273 e. The van der Waals surface area contributed by atoms with Crippen LogP contribution in [0.5, 0.6) is 0 Å². The highest BCUT2D eigenvalue weighted by molar-refractivity contribution is 7.09. The Morgan fingerprint density at radius 1 is 1.42 bits per heavy atom. The molecule has 2 unspecified atom stereocenters. The maximum atomic E-state index is 12.5. The van der Waals surface area contributed by atoms with Gasteiger partial charge >= 0.3 is 0 Å². The molecule has 2 atom stereocenters. The Bertz CT molecular complexity index is 471. The van der Waals surface area contributed by atoms with Crippen molar-refractivity contribution in [3.63, 3.8) is 0 Å². The maximum absolute atomic E-state index is 12.5. The standard InChI is InChI=1S/C14H21N3OS/c1-9(2)13-16-12(8-19-13)14(18)17-6-5-10-3-4-11(7-17)15-10/h8-11,15H,3-7H2,1-2H3. The summed E-state index contributed by atoms with van der Waals surface area (Å²) >= 11 is 1.60. The number of fused-ring (bicyclic) bond motifs is 2. The van der Waals surface area contributed by atoms with E-state index in [0.717, 1.165) is 24.5 Å². The molecular weight excluding hydrogens is 258 g/mol. The molecule has 1 amide bonds. The Morgan fingerprint density at radius 3 is 2.95 bits per heavy atom. The Kier molecular flexibility index (Phi) is 3.58. The summed E-state index contributed by atoms with van der Waals surface area (Å²) < 4.78 is 0. The molecule has 2 bridgehead atoms. The van der Waals surface area contributed by atoms with Crippen LogP contribution in [0, 0.1) is 0 Å². The van der Waals surface area contributed by atoms with Gasteiger partial charge in [-0.15, -0.1) is 11.3 Å². The van der Waals surface area contributed by atoms with Crippen molar-refractivity contribution in [1.82, 2.24) is 15.2 Å². The van der Waals surface area contributed by atoms with Crippen LogP contribution >= 0.6 is 11.3 Å². The van der Waals surface area contributed by atoms with Gasteiger partial charge in [0, 0.05) is 36.5 Å². The molecule has 0 aromatic carbocycles. The van der Waals surface area contributed by atoms with Crippen molar-refractivity contribution in [2.45, 2.75) is 51.1 Å². The lowest BCUT2D eigenvalue weighted by atomic mass is 10.1. The third-order valence-electron chi connectivity index (χ3n) is 4.05. The number of carbonyl (C=O) groups excluding carboxylic acids is 1. The summed E-state index contributed by atoms with van der Waals surface area (Å²) in [6.45, 7) is 5.93. The number of likely N-dealkylation sites (tertiary alicyclic amines) is 1. The van der Waals surface area contributed by atoms with Crippen LogP contribution < -0.4 is 5.32 Å². The zero-order chi connectivity index (χ0) is 13.4. The average molecular weight is 279 g/mol. The second kappa shape index (κ2) is 5.21. The number of amides is 1. The van der Waals surface area contributed by atoms with Gasteiger partial charge in [-0.25, -0.2) is 4.98 Å². The molecular formula is C14H21N3OS. The minimum Gasteiger partial charge on any atom is -0.336 e. The van der Waals surface area contributed by atoms with E-state index in [1.807, 2.05) is 10.3 Å². The summed E-state index contributed by atoms with van der Waals surface area (Å²) in [4.78, 5) is 19.0. The summed E-state index contributed by atoms with van der Waals surface area (Å²) in [5, 5.41) is 6.57. The van der Waals surface area contributed by atoms with E-state index >= 15 is 0 Å². The zero-order valence-electron chi connectivity index (χ0n) is 11.6. The highest BCUT2D eigenvalue weighted by Gasteiger charge is 2.32. The number of carbonyl (C=O) groups is 1. The van der Waals surface area contributed by atoms with Crippen molar-refractivity contribution in [2.24, 2.45) is 0 Å². The first-order valence-corrected chi connectivity index (χ1v) is 8.02. The van der Waals surface area contributed by atoms with E-state index < -0.39 is 0 Å². The van der Waals surface area contributed by atoms with Gasteiger partial charge in [-0.05, 0) is 19.3 Å². The lowest BCUT2D eigenvalue weighted by Gasteiger charge is -2.23. The van der Waals surface area contributed by atoms with Crippen molar-refractivity contribution in [3.8, 4) is 0 Å². The lowest BCUT2D eigenvalue weighted by Crippen LogP contribution is -2.39. The maximum Gasteiger partial charge on any atom is 0.273 e. The molecule has 2 aliphatic heterocycles. The molecule has 0 radical (unpaired) electrons. The number of hydrogen-bond acceptors (Lipinski definition) is 4. The fourth-order valence-corrected chi connectivity index (χ4v) is 3.75. The molecule has 104 valence electrons. The van der Waals surface area contributed by atoms with Crippen LogP contribution in [0.25, 0.3) is 0 Å². The van der Waals surface area contributed by atoms with E-state index in [1.165, 1.54) is 12.8 Å². The van der Waals surface area contributed by atoms with Crippen LogP contribution in [0.2, 0.25) is 0 Å². The minimum atomic E-state index is 0.109. The van der Waals surface area contributed by atoms with E-state index in [9.17, 15) is 4.79 Å². The quantitative estimate of drug-likeness (QED) is 0.903. The summed E-state index contributed by atoms with van der Waals surface area (Å²) in [6.07, 6.45) is 3.53. The van der Waals surface area contributed by atoms with E-state index in [1.54, 1.807) is 11.3 Å². The number of hydrogen-bond donors (Lipinski definition) is 1. The number of aromatic nitrogens is 1. The van der Waals surface area contributed by atoms with Gasteiger partial charge in [0.05, 0.1) is 5.01 Å². The van der Waals surface area contributed by atoms with Crippen molar-refractivity contribution < 1.29 is 4.79 Å². The highest BCUT2D eigenvalue weighted by atomic mass is 32.1. The van der Waals surface area contributed by atoms with Crippen LogP contribution in [-0.2, 0) is 0 Å². The molecule has 1 aromatic heterocycles. The third-order valence-corrected chi connectivity index (χ3v) is 5.19. The first-order chi connectivity index (χ1) is 9.13. The largest absolute Gasteiger partial charge is 0.336 e. The van der Waals surface area contributed by atoms with E-state index in [-0.39, 0.29) is 5.91 Å². The van der Waals surface area contributed by atoms with Gasteiger partial charge in [-0.1, -0.05) is 13.8 Å². The van der Waals surface area contributed by atoms with E-state index in [0.29, 0.717) is 23.7 Å². The second-order valence-corrected chi connectivity index (χ2v) is 6.79. The molecule has 19 heavy (non-hydrogen) atoms. The molecule has 0 aliphatic carbocycles. The van der Waals surface area contributed by atoms with Crippen molar-refractivity contribution in [2.75, 3.05) is 13.1 Å². The molecule has 1 aromatic rings. The Hall–Kier alpha value is -0.940. The van der Waals surface area contributed by atoms with Crippen LogP contribution in [0.1, 0.15) is 54.5 Å². The average Bonchev–Trinajstić information content (AvgIpc) is 2.95. The lowest BCUT2D eigenvalue weighted by molar-refractivity contribution is 0.0743. The summed E-state index contributed by atoms with van der Waals surface area (Å²) in [5.41, 5.74) is 0.631. The molecule has 0 spiro atoms. The molecule has 2 aliphatic rings. The van der Waals surface area contributed by atoms with Crippen LogP contribution in [-0.4, -0.2) is 41.0 Å². The van der Waals surface area contributed by atoms with Crippen molar-refractivity contribution in [1.29, 1.82) is 0 Å². The number of thiazole rings is 1. The molecule has 2 fully saturated rings. The van der Waals surface area contributed by atoms with Gasteiger partial charge in [-0.2, -0.15) is 0 Å². The molecule has 5 heteroatoms. The van der Waals surface area contributed by atoms with Gasteiger partial charge in [-0.3, -0.25) is 4.79 Å². The molecule has 3 heterocycles. The van der Waals surface area contributed by atoms with Crippen molar-refractivity contribution in [3.05, 3.63) is 16.1 Å². The van der Waals surface area contributed by atoms with Gasteiger partial charge in [0.25, 0.3) is 5.91 Å². The Balaban J connectivity index is 1.72. The number of nitrogens with one attached hydrogen (secondary N) is 1. The van der Waals surface area contributed by atoms with Gasteiger partial charge < -0.3 is 10.2 Å². The first-order valence-electron chi connectivity index (χ1n) is 7.14. The molecule has 4 nitrogen and oxygen atoms in total. The van der Waals surface area contributed by atoms with Crippen LogP contribution in [0.3, 0.4) is 0 Å². The summed E-state index contributed by atoms with van der Waals surface area (Å²) in [6, 6.07) is 1.10. The molecule has 0 saturated carbocycles. The van der Waals surface area contributed by atoms with Gasteiger partial charge in [0.15, 0.2) is 0 Å². The number of nitrogens with zero attached hydrogens (tertiary/aromatic N) is 2. The van der Waals surface area contributed by atoms with Crippen LogP contribution in [0.4, 0.5) is 0 Å². The predicted molar refractivity (Wildman–Crippen MR) is 76.7 cm³/mol. The molecule has 2 saturated heterocycles. The molecule has 1 N–H and O–H groups in total. The fraction of sp³-hybridized carbons (Fsp3) is 0.714. The monoisotopic (exact) mass is 279 g/mol. The van der Waals surface area contributed by atoms with E-state index in [2.05, 4.69) is 24.1 Å². The summed E-state index contributed by atoms with van der Waals surface area (Å²) in [7, 11) is 0. The first kappa shape index (κ1) is 13.1. The second-order valence-electron chi connectivity index (χ2n) is 5.90. The van der Waals surface area contributed by atoms with Crippen LogP contribution in [0.15, 0.2) is 5.38 Å². The molecule has 3 rings (SSSR count). The van der Waals surface area contributed by atoms with Crippen molar-refractivity contribution >= 4 is 17.2 Å². The van der Waals surface area contributed by atoms with Gasteiger partial charge in [0.2, 0.25) is 0 Å². The summed E-state index contributed by atoms with van der Waals surface area (Å²) in [5.74, 6) is 0.505. The van der Waals surface area contributed by atoms with Gasteiger partial charge in [0.1, 0.15) is 5.69 Å². The minimum absolute atomic E-state index is 0.109. The Morgan fingerprint density at radius 2 is 2.21 bits per heavy atom. The number of rotatable bonds is 2.